The summed E-state index contributed by atoms with van der Waals surface area (Å²) in [5.74, 6) is -2.53. The zero-order valence-corrected chi connectivity index (χ0v) is 15.4. The Balaban J connectivity index is 1.40. The van der Waals surface area contributed by atoms with Gasteiger partial charge in [0.2, 0.25) is 5.91 Å². The fourth-order valence-corrected chi connectivity index (χ4v) is 3.55. The van der Waals surface area contributed by atoms with E-state index in [9.17, 15) is 19.2 Å². The van der Waals surface area contributed by atoms with Gasteiger partial charge in [0.25, 0.3) is 11.8 Å². The molecule has 0 aromatic heterocycles. The van der Waals surface area contributed by atoms with E-state index in [1.165, 1.54) is 4.90 Å². The molecule has 4 rings (SSSR count). The predicted molar refractivity (Wildman–Crippen MR) is 99.8 cm³/mol. The highest BCUT2D eigenvalue weighted by Gasteiger charge is 2.39. The highest BCUT2D eigenvalue weighted by molar-refractivity contribution is 6.31. The van der Waals surface area contributed by atoms with Crippen molar-refractivity contribution in [2.24, 2.45) is 5.92 Å². The molecule has 28 heavy (non-hydrogen) atoms. The second kappa shape index (κ2) is 7.09. The molecule has 0 N–H and O–H groups in total. The largest absolute Gasteiger partial charge is 0.443 e. The Morgan fingerprint density at radius 1 is 1.04 bits per heavy atom. The lowest BCUT2D eigenvalue weighted by molar-refractivity contribution is -0.151. The van der Waals surface area contributed by atoms with Crippen LogP contribution in [0.3, 0.4) is 0 Å². The molecule has 8 heteroatoms. The van der Waals surface area contributed by atoms with Gasteiger partial charge in [0, 0.05) is 23.7 Å². The van der Waals surface area contributed by atoms with E-state index in [-0.39, 0.29) is 30.0 Å². The van der Waals surface area contributed by atoms with Crippen LogP contribution in [-0.2, 0) is 14.3 Å². The minimum Gasteiger partial charge on any atom is -0.443 e. The Labute approximate surface area is 165 Å². The van der Waals surface area contributed by atoms with E-state index >= 15 is 0 Å². The molecule has 1 fully saturated rings. The number of nitrogens with zero attached hydrogens (tertiary/aromatic N) is 2. The highest BCUT2D eigenvalue weighted by Crippen LogP contribution is 2.28. The lowest BCUT2D eigenvalue weighted by Crippen LogP contribution is -2.35. The summed E-state index contributed by atoms with van der Waals surface area (Å²) in [6.45, 7) is -0.326. The van der Waals surface area contributed by atoms with Gasteiger partial charge < -0.3 is 9.64 Å². The highest BCUT2D eigenvalue weighted by atomic mass is 35.5. The molecule has 3 amide bonds. The molecule has 0 aliphatic carbocycles. The Morgan fingerprint density at radius 3 is 2.36 bits per heavy atom. The molecule has 0 saturated carbocycles. The molecule has 0 radical (unpaired) electrons. The minimum atomic E-state index is -0.679. The normalized spacial score (nSPS) is 18.6. The minimum absolute atomic E-state index is 0.00648. The van der Waals surface area contributed by atoms with Gasteiger partial charge in [-0.15, -0.1) is 0 Å². The fraction of sp³-hybridized carbons (Fsp3) is 0.200. The summed E-state index contributed by atoms with van der Waals surface area (Å²) in [5, 5.41) is 0.488. The number of esters is 1. The molecule has 2 aromatic rings. The quantitative estimate of drug-likeness (QED) is 0.583. The van der Waals surface area contributed by atoms with Crippen molar-refractivity contribution in [3.05, 3.63) is 64.7 Å². The topological polar surface area (TPSA) is 84.0 Å². The van der Waals surface area contributed by atoms with Crippen molar-refractivity contribution >= 4 is 41.0 Å². The van der Waals surface area contributed by atoms with E-state index in [1.807, 2.05) is 0 Å². The maximum Gasteiger partial charge on any atom is 0.313 e. The number of fused-ring (bicyclic) bond motifs is 1. The van der Waals surface area contributed by atoms with Gasteiger partial charge in [0.05, 0.1) is 17.0 Å². The second-order valence-corrected chi connectivity index (χ2v) is 7.00. The van der Waals surface area contributed by atoms with Crippen LogP contribution in [0.5, 0.6) is 0 Å². The molecule has 7 nitrogen and oxygen atoms in total. The molecule has 2 aromatic carbocycles. The van der Waals surface area contributed by atoms with Crippen molar-refractivity contribution in [1.29, 1.82) is 0 Å². The second-order valence-electron chi connectivity index (χ2n) is 6.56. The van der Waals surface area contributed by atoms with E-state index in [1.54, 1.807) is 48.5 Å². The van der Waals surface area contributed by atoms with Gasteiger partial charge in [-0.05, 0) is 30.3 Å². The van der Waals surface area contributed by atoms with Crippen molar-refractivity contribution < 1.29 is 23.9 Å². The van der Waals surface area contributed by atoms with Gasteiger partial charge in [-0.2, -0.15) is 0 Å². The summed E-state index contributed by atoms with van der Waals surface area (Å²) in [6, 6.07) is 13.2. The number of hydrogen-bond acceptors (Lipinski definition) is 5. The van der Waals surface area contributed by atoms with E-state index in [4.69, 9.17) is 16.3 Å². The molecule has 0 spiro atoms. The fourth-order valence-electron chi connectivity index (χ4n) is 3.36. The predicted octanol–water partition coefficient (Wildman–Crippen LogP) is 2.49. The Kier molecular flexibility index (Phi) is 4.60. The summed E-state index contributed by atoms with van der Waals surface area (Å²) in [5.41, 5.74) is 1.17. The van der Waals surface area contributed by atoms with E-state index < -0.39 is 30.4 Å². The number of amides is 3. The van der Waals surface area contributed by atoms with Gasteiger partial charge >= 0.3 is 5.97 Å². The SMILES string of the molecule is O=C(OCN1C(=O)c2ccccc2C1=O)[C@@H]1CC(=O)N(c2cccc(Cl)c2)C1. The standard InChI is InChI=1S/C20H15ClN2O5/c21-13-4-3-5-14(9-13)22-10-12(8-17(22)24)20(27)28-11-23-18(25)15-6-1-2-7-16(15)19(23)26/h1-7,9,12H,8,10-11H2/t12-/m1/s1. The van der Waals surface area contributed by atoms with Crippen LogP contribution >= 0.6 is 11.6 Å². The monoisotopic (exact) mass is 398 g/mol. The number of carbonyl (C=O) groups excluding carboxylic acids is 4. The van der Waals surface area contributed by atoms with Crippen LogP contribution in [0.25, 0.3) is 0 Å². The Morgan fingerprint density at radius 2 is 1.71 bits per heavy atom. The third-order valence-electron chi connectivity index (χ3n) is 4.79. The van der Waals surface area contributed by atoms with Crippen molar-refractivity contribution in [1.82, 2.24) is 4.90 Å². The molecule has 2 aliphatic heterocycles. The number of hydrogen-bond donors (Lipinski definition) is 0. The molecule has 1 atom stereocenters. The molecule has 2 heterocycles. The van der Waals surface area contributed by atoms with E-state index in [0.717, 1.165) is 4.90 Å². The molecular formula is C20H15ClN2O5. The van der Waals surface area contributed by atoms with Crippen LogP contribution in [0.15, 0.2) is 48.5 Å². The van der Waals surface area contributed by atoms with Gasteiger partial charge in [-0.1, -0.05) is 29.8 Å². The number of anilines is 1. The summed E-state index contributed by atoms with van der Waals surface area (Å²) in [7, 11) is 0. The molecule has 0 bridgehead atoms. The molecular weight excluding hydrogens is 384 g/mol. The number of imide groups is 1. The average Bonchev–Trinajstić information content (AvgIpc) is 3.19. The summed E-state index contributed by atoms with van der Waals surface area (Å²) >= 11 is 5.96. The summed E-state index contributed by atoms with van der Waals surface area (Å²) in [6.07, 6.45) is -0.00648. The summed E-state index contributed by atoms with van der Waals surface area (Å²) in [4.78, 5) is 51.6. The summed E-state index contributed by atoms with van der Waals surface area (Å²) < 4.78 is 5.18. The molecule has 142 valence electrons. The number of ether oxygens (including phenoxy) is 1. The first-order chi connectivity index (χ1) is 13.5. The van der Waals surface area contributed by atoms with Crippen molar-refractivity contribution in [3.8, 4) is 0 Å². The third-order valence-corrected chi connectivity index (χ3v) is 5.03. The lowest BCUT2D eigenvalue weighted by Gasteiger charge is -2.18. The molecule has 2 aliphatic rings. The van der Waals surface area contributed by atoms with Crippen LogP contribution in [0.4, 0.5) is 5.69 Å². The van der Waals surface area contributed by atoms with Crippen LogP contribution in [-0.4, -0.2) is 41.9 Å². The first-order valence-electron chi connectivity index (χ1n) is 8.63. The van der Waals surface area contributed by atoms with E-state index in [2.05, 4.69) is 0 Å². The number of carbonyl (C=O) groups is 4. The first-order valence-corrected chi connectivity index (χ1v) is 9.01. The number of halogens is 1. The van der Waals surface area contributed by atoms with Crippen molar-refractivity contribution in [2.75, 3.05) is 18.2 Å². The van der Waals surface area contributed by atoms with E-state index in [0.29, 0.717) is 10.7 Å². The van der Waals surface area contributed by atoms with Crippen LogP contribution in [0.1, 0.15) is 27.1 Å². The molecule has 1 saturated heterocycles. The zero-order valence-electron chi connectivity index (χ0n) is 14.6. The third kappa shape index (κ3) is 3.14. The van der Waals surface area contributed by atoms with Crippen LogP contribution in [0, 0.1) is 5.92 Å². The maximum atomic E-state index is 12.4. The average molecular weight is 399 g/mol. The van der Waals surface area contributed by atoms with Crippen molar-refractivity contribution in [3.63, 3.8) is 0 Å². The van der Waals surface area contributed by atoms with Crippen LogP contribution in [0.2, 0.25) is 5.02 Å². The zero-order chi connectivity index (χ0) is 19.8. The Bertz CT molecular complexity index is 971. The van der Waals surface area contributed by atoms with Gasteiger partial charge in [0.1, 0.15) is 0 Å². The molecule has 0 unspecified atom stereocenters. The lowest BCUT2D eigenvalue weighted by atomic mass is 10.1. The van der Waals surface area contributed by atoms with Crippen LogP contribution < -0.4 is 4.90 Å². The van der Waals surface area contributed by atoms with Gasteiger partial charge in [0.15, 0.2) is 6.73 Å². The van der Waals surface area contributed by atoms with Gasteiger partial charge in [-0.25, -0.2) is 4.90 Å². The smallest absolute Gasteiger partial charge is 0.313 e. The number of benzene rings is 2. The van der Waals surface area contributed by atoms with Gasteiger partial charge in [-0.3, -0.25) is 19.2 Å². The number of rotatable bonds is 4. The maximum absolute atomic E-state index is 12.4. The van der Waals surface area contributed by atoms with Crippen molar-refractivity contribution in [2.45, 2.75) is 6.42 Å². The first kappa shape index (κ1) is 18.2. The Hall–Kier alpha value is -3.19.